The maximum Gasteiger partial charge on any atom is 0.230 e. The number of carbonyl (C=O) groups excluding carboxylic acids is 2. The highest BCUT2D eigenvalue weighted by Crippen LogP contribution is 2.72. The number of benzene rings is 1. The second kappa shape index (κ2) is 13.9. The molecule has 7 rings (SSSR count). The quantitative estimate of drug-likeness (QED) is 0.155. The van der Waals surface area contributed by atoms with Gasteiger partial charge in [0.05, 0.1) is 41.5 Å². The molecule has 6 aliphatic rings. The standard InChI is InChI=1S/C43H63NO10/c1-24(2)25(3)36-37(54-36)40(5,52)34-10-14-43(53)31-20-35(50)42(23-46)22-33(49)32(48)21-39(42,4)30(31)9-13-41(34,43)12-8-26-17-28(19-29(47)18-26)44-15-11-27(38(44)51)7-6-16-45/h17-20,24-25,27,30,32-34,36-37,45-49,52-53H,6-16,21-23H2,1-5H3/t25-,27-,30-,32+,33-,34+,36-,37-,39-,40-,41-,42+,43+/m1/s1. The van der Waals surface area contributed by atoms with Crippen molar-refractivity contribution in [3.05, 3.63) is 35.4 Å². The average molecular weight is 754 g/mol. The number of aryl methyl sites for hydroxylation is 1. The number of carbonyl (C=O) groups is 2. The number of aliphatic hydroxyl groups excluding tert-OH is 4. The van der Waals surface area contributed by atoms with E-state index in [-0.39, 0.29) is 60.7 Å². The first-order chi connectivity index (χ1) is 25.4. The number of amides is 1. The van der Waals surface area contributed by atoms with Crippen molar-refractivity contribution in [2.24, 2.45) is 45.8 Å². The van der Waals surface area contributed by atoms with Crippen molar-refractivity contribution in [1.29, 1.82) is 0 Å². The van der Waals surface area contributed by atoms with E-state index >= 15 is 0 Å². The minimum atomic E-state index is -1.50. The van der Waals surface area contributed by atoms with Crippen molar-refractivity contribution in [3.63, 3.8) is 0 Å². The van der Waals surface area contributed by atoms with Crippen LogP contribution in [-0.4, -0.2) is 103 Å². The number of ketones is 1. The number of aliphatic hydroxyl groups is 6. The Labute approximate surface area is 319 Å². The van der Waals surface area contributed by atoms with Gasteiger partial charge in [-0.1, -0.05) is 27.7 Å². The van der Waals surface area contributed by atoms with Crippen LogP contribution in [0.2, 0.25) is 0 Å². The number of hydrogen-bond donors (Lipinski definition) is 7. The predicted molar refractivity (Wildman–Crippen MR) is 201 cm³/mol. The number of allylic oxidation sites excluding steroid dienone is 1. The van der Waals surface area contributed by atoms with Crippen LogP contribution < -0.4 is 4.90 Å². The number of fused-ring (bicyclic) bond motifs is 5. The number of anilines is 1. The van der Waals surface area contributed by atoms with Crippen LogP contribution in [-0.2, 0) is 20.7 Å². The molecule has 5 fully saturated rings. The zero-order chi connectivity index (χ0) is 39.2. The fraction of sp³-hybridized carbons (Fsp3) is 0.767. The normalized spacial score (nSPS) is 42.0. The zero-order valence-corrected chi connectivity index (χ0v) is 32.7. The number of phenols is 1. The molecule has 1 aromatic carbocycles. The van der Waals surface area contributed by atoms with Crippen LogP contribution in [0.15, 0.2) is 29.8 Å². The molecule has 300 valence electrons. The molecule has 7 N–H and O–H groups in total. The van der Waals surface area contributed by atoms with Gasteiger partial charge in [-0.3, -0.25) is 9.59 Å². The Kier molecular flexibility index (Phi) is 10.3. The van der Waals surface area contributed by atoms with Crippen molar-refractivity contribution in [2.75, 3.05) is 24.7 Å². The second-order valence-corrected chi connectivity index (χ2v) is 18.9. The van der Waals surface area contributed by atoms with Gasteiger partial charge in [-0.2, -0.15) is 0 Å². The van der Waals surface area contributed by atoms with Crippen LogP contribution in [0.3, 0.4) is 0 Å². The van der Waals surface area contributed by atoms with Gasteiger partial charge in [0, 0.05) is 36.2 Å². The van der Waals surface area contributed by atoms with Crippen LogP contribution in [0, 0.1) is 45.8 Å². The fourth-order valence-electron chi connectivity index (χ4n) is 12.5. The van der Waals surface area contributed by atoms with Crippen LogP contribution in [0.4, 0.5) is 5.69 Å². The molecule has 2 heterocycles. The third-order valence-corrected chi connectivity index (χ3v) is 16.1. The summed E-state index contributed by atoms with van der Waals surface area (Å²) in [5.41, 5.74) is -3.90. The first-order valence-corrected chi connectivity index (χ1v) is 20.5. The number of rotatable bonds is 12. The molecule has 13 atom stereocenters. The molecule has 3 saturated carbocycles. The predicted octanol–water partition coefficient (Wildman–Crippen LogP) is 3.81. The molecular formula is C43H63NO10. The summed E-state index contributed by atoms with van der Waals surface area (Å²) < 4.78 is 6.27. The van der Waals surface area contributed by atoms with E-state index < -0.39 is 58.3 Å². The number of epoxide rings is 1. The summed E-state index contributed by atoms with van der Waals surface area (Å²) in [6.45, 7) is 10.3. The lowest BCUT2D eigenvalue weighted by molar-refractivity contribution is -0.195. The highest BCUT2D eigenvalue weighted by Gasteiger charge is 2.74. The van der Waals surface area contributed by atoms with E-state index in [1.165, 1.54) is 6.08 Å². The Balaban J connectivity index is 1.26. The molecule has 0 radical (unpaired) electrons. The van der Waals surface area contributed by atoms with Gasteiger partial charge in [0.15, 0.2) is 5.78 Å². The van der Waals surface area contributed by atoms with E-state index in [2.05, 4.69) is 20.8 Å². The Hall–Kier alpha value is -2.38. The van der Waals surface area contributed by atoms with Gasteiger partial charge in [-0.05, 0) is 136 Å². The number of nitrogens with zero attached hydrogens (tertiary/aromatic N) is 1. The molecule has 1 aromatic rings. The first-order valence-electron chi connectivity index (χ1n) is 20.5. The monoisotopic (exact) mass is 753 g/mol. The maximum absolute atomic E-state index is 14.3. The number of aromatic hydroxyl groups is 1. The van der Waals surface area contributed by atoms with E-state index in [0.29, 0.717) is 81.5 Å². The third-order valence-electron chi connectivity index (χ3n) is 16.1. The minimum absolute atomic E-state index is 0.0190. The molecular weight excluding hydrogens is 690 g/mol. The lowest BCUT2D eigenvalue weighted by Gasteiger charge is -2.64. The molecule has 54 heavy (non-hydrogen) atoms. The van der Waals surface area contributed by atoms with E-state index in [1.807, 2.05) is 19.9 Å². The Bertz CT molecular complexity index is 1660. The van der Waals surface area contributed by atoms with Crippen molar-refractivity contribution >= 4 is 17.4 Å². The molecule has 2 aliphatic heterocycles. The summed E-state index contributed by atoms with van der Waals surface area (Å²) in [7, 11) is 0. The average Bonchev–Trinajstić information content (AvgIpc) is 3.76. The second-order valence-electron chi connectivity index (χ2n) is 18.9. The maximum atomic E-state index is 14.3. The van der Waals surface area contributed by atoms with E-state index in [0.717, 1.165) is 5.56 Å². The van der Waals surface area contributed by atoms with Crippen molar-refractivity contribution in [2.45, 2.75) is 141 Å². The Morgan fingerprint density at radius 2 is 1.74 bits per heavy atom. The summed E-state index contributed by atoms with van der Waals surface area (Å²) in [6, 6.07) is 5.21. The third kappa shape index (κ3) is 5.85. The van der Waals surface area contributed by atoms with E-state index in [9.17, 15) is 45.3 Å². The fourth-order valence-corrected chi connectivity index (χ4v) is 12.5. The topological polar surface area (TPSA) is 192 Å². The first kappa shape index (κ1) is 39.8. The van der Waals surface area contributed by atoms with E-state index in [1.54, 1.807) is 17.0 Å². The largest absolute Gasteiger partial charge is 0.508 e. The van der Waals surface area contributed by atoms with Gasteiger partial charge < -0.3 is 45.4 Å². The van der Waals surface area contributed by atoms with Gasteiger partial charge in [0.1, 0.15) is 11.9 Å². The number of ether oxygens (including phenoxy) is 1. The highest BCUT2D eigenvalue weighted by molar-refractivity contribution is 5.98. The minimum Gasteiger partial charge on any atom is -0.508 e. The SMILES string of the molecule is CC(C)[C@@H](C)[C@H]1O[C@H]1[C@](C)(O)[C@@H]1CC[C@]2(O)C3=CC(=O)[C@@]4(CO)C[C@@H](O)[C@@H](O)C[C@]4(C)[C@@H]3CC[C@]12CCc1cc(O)cc(N2CC[C@@H](CCCO)C2=O)c1. The molecule has 11 nitrogen and oxygen atoms in total. The molecule has 2 saturated heterocycles. The zero-order valence-electron chi connectivity index (χ0n) is 32.7. The Morgan fingerprint density at radius 3 is 2.43 bits per heavy atom. The Morgan fingerprint density at radius 1 is 1.02 bits per heavy atom. The van der Waals surface area contributed by atoms with Gasteiger partial charge >= 0.3 is 0 Å². The van der Waals surface area contributed by atoms with Crippen LogP contribution in [0.1, 0.15) is 104 Å². The van der Waals surface area contributed by atoms with Gasteiger partial charge in [-0.25, -0.2) is 0 Å². The lowest BCUT2D eigenvalue weighted by atomic mass is 9.40. The smallest absolute Gasteiger partial charge is 0.230 e. The van der Waals surface area contributed by atoms with Crippen molar-refractivity contribution in [1.82, 2.24) is 0 Å². The lowest BCUT2D eigenvalue weighted by Crippen LogP contribution is -2.67. The van der Waals surface area contributed by atoms with Crippen LogP contribution in [0.25, 0.3) is 0 Å². The summed E-state index contributed by atoms with van der Waals surface area (Å²) in [6.07, 6.45) is 3.41. The number of phenolic OH excluding ortho intramolecular Hbond substituents is 1. The highest BCUT2D eigenvalue weighted by atomic mass is 16.6. The molecule has 4 aliphatic carbocycles. The molecule has 0 bridgehead atoms. The summed E-state index contributed by atoms with van der Waals surface area (Å²) in [5, 5.41) is 78.8. The van der Waals surface area contributed by atoms with Crippen LogP contribution >= 0.6 is 0 Å². The molecule has 0 unspecified atom stereocenters. The van der Waals surface area contributed by atoms with Gasteiger partial charge in [-0.15, -0.1) is 0 Å². The van der Waals surface area contributed by atoms with Gasteiger partial charge in [0.2, 0.25) is 5.91 Å². The summed E-state index contributed by atoms with van der Waals surface area (Å²) in [5.74, 6) is -0.681. The van der Waals surface area contributed by atoms with Gasteiger partial charge in [0.25, 0.3) is 0 Å². The molecule has 11 heteroatoms. The molecule has 1 amide bonds. The molecule has 0 aromatic heterocycles. The van der Waals surface area contributed by atoms with Crippen molar-refractivity contribution in [3.8, 4) is 5.75 Å². The number of hydrogen-bond acceptors (Lipinski definition) is 10. The van der Waals surface area contributed by atoms with E-state index in [4.69, 9.17) is 4.74 Å². The molecule has 0 spiro atoms. The summed E-state index contributed by atoms with van der Waals surface area (Å²) in [4.78, 5) is 29.4. The van der Waals surface area contributed by atoms with Crippen molar-refractivity contribution < 1.29 is 50.1 Å². The summed E-state index contributed by atoms with van der Waals surface area (Å²) >= 11 is 0. The van der Waals surface area contributed by atoms with Crippen LogP contribution in [0.5, 0.6) is 5.75 Å².